The third-order valence-corrected chi connectivity index (χ3v) is 4.29. The Bertz CT molecular complexity index is 687. The molecule has 1 saturated heterocycles. The molecule has 0 saturated carbocycles. The van der Waals surface area contributed by atoms with Crippen LogP contribution >= 0.6 is 0 Å². The van der Waals surface area contributed by atoms with Crippen molar-refractivity contribution in [1.29, 1.82) is 5.26 Å². The lowest BCUT2D eigenvalue weighted by atomic mass is 9.98. The van der Waals surface area contributed by atoms with Gasteiger partial charge in [0.25, 0.3) is 0 Å². The van der Waals surface area contributed by atoms with E-state index in [1.165, 1.54) is 0 Å². The summed E-state index contributed by atoms with van der Waals surface area (Å²) >= 11 is 0. The van der Waals surface area contributed by atoms with Gasteiger partial charge in [-0.15, -0.1) is 10.2 Å². The molecule has 2 heterocycles. The summed E-state index contributed by atoms with van der Waals surface area (Å²) in [5.41, 5.74) is 1.40. The predicted octanol–water partition coefficient (Wildman–Crippen LogP) is 2.34. The number of hydrogen-bond donors (Lipinski definition) is 1. The van der Waals surface area contributed by atoms with Crippen LogP contribution < -0.4 is 0 Å². The van der Waals surface area contributed by atoms with Gasteiger partial charge < -0.3 is 9.52 Å². The second kappa shape index (κ2) is 6.90. The standard InChI is InChI=1S/C17H20N4O2/c1-12(22)15-4-2-3-9-21(15)11-16-19-20-17(23-16)14-7-5-13(10-18)6-8-14/h5-8,12,15,22H,2-4,9,11H2,1H3. The van der Waals surface area contributed by atoms with Crippen molar-refractivity contribution in [2.24, 2.45) is 0 Å². The van der Waals surface area contributed by atoms with Crippen LogP contribution in [0, 0.1) is 11.3 Å². The first-order chi connectivity index (χ1) is 11.2. The minimum atomic E-state index is -0.365. The third-order valence-electron chi connectivity index (χ3n) is 4.29. The lowest BCUT2D eigenvalue weighted by Crippen LogP contribution is -2.45. The zero-order valence-corrected chi connectivity index (χ0v) is 13.1. The van der Waals surface area contributed by atoms with E-state index in [-0.39, 0.29) is 12.1 Å². The Morgan fingerprint density at radius 1 is 1.35 bits per heavy atom. The molecule has 1 aliphatic heterocycles. The Hall–Kier alpha value is -2.23. The molecule has 0 amide bonds. The molecular weight excluding hydrogens is 292 g/mol. The molecule has 0 bridgehead atoms. The molecule has 2 unspecified atom stereocenters. The number of rotatable bonds is 4. The summed E-state index contributed by atoms with van der Waals surface area (Å²) in [5, 5.41) is 27.0. The zero-order valence-electron chi connectivity index (χ0n) is 13.1. The number of piperidine rings is 1. The highest BCUT2D eigenvalue weighted by molar-refractivity contribution is 5.54. The molecule has 120 valence electrons. The van der Waals surface area contributed by atoms with E-state index in [4.69, 9.17) is 9.68 Å². The van der Waals surface area contributed by atoms with Crippen LogP contribution in [-0.2, 0) is 6.54 Å². The van der Waals surface area contributed by atoms with Crippen LogP contribution in [0.25, 0.3) is 11.5 Å². The van der Waals surface area contributed by atoms with Crippen LogP contribution in [0.4, 0.5) is 0 Å². The molecule has 3 rings (SSSR count). The minimum absolute atomic E-state index is 0.147. The zero-order chi connectivity index (χ0) is 16.2. The second-order valence-electron chi connectivity index (χ2n) is 5.96. The maximum atomic E-state index is 9.92. The van der Waals surface area contributed by atoms with Crippen molar-refractivity contribution in [3.63, 3.8) is 0 Å². The van der Waals surface area contributed by atoms with Gasteiger partial charge in [0.05, 0.1) is 24.3 Å². The van der Waals surface area contributed by atoms with Crippen molar-refractivity contribution in [2.45, 2.75) is 44.9 Å². The van der Waals surface area contributed by atoms with E-state index in [1.54, 1.807) is 24.3 Å². The van der Waals surface area contributed by atoms with Gasteiger partial charge in [0.15, 0.2) is 0 Å². The van der Waals surface area contributed by atoms with Crippen LogP contribution in [-0.4, -0.2) is 38.9 Å². The van der Waals surface area contributed by atoms with Gasteiger partial charge in [0, 0.05) is 11.6 Å². The maximum absolute atomic E-state index is 9.92. The van der Waals surface area contributed by atoms with Gasteiger partial charge in [-0.3, -0.25) is 4.90 Å². The molecule has 0 radical (unpaired) electrons. The Labute approximate surface area is 135 Å². The number of hydrogen-bond acceptors (Lipinski definition) is 6. The Balaban J connectivity index is 1.72. The van der Waals surface area contributed by atoms with Crippen LogP contribution in [0.5, 0.6) is 0 Å². The summed E-state index contributed by atoms with van der Waals surface area (Å²) < 4.78 is 5.75. The molecule has 1 fully saturated rings. The number of aliphatic hydroxyl groups is 1. The van der Waals surface area contributed by atoms with Crippen LogP contribution in [0.3, 0.4) is 0 Å². The van der Waals surface area contributed by atoms with Crippen LogP contribution in [0.2, 0.25) is 0 Å². The number of nitriles is 1. The first kappa shape index (κ1) is 15.7. The molecule has 6 nitrogen and oxygen atoms in total. The van der Waals surface area contributed by atoms with E-state index >= 15 is 0 Å². The van der Waals surface area contributed by atoms with Gasteiger partial charge in [0.2, 0.25) is 11.8 Å². The van der Waals surface area contributed by atoms with E-state index in [2.05, 4.69) is 21.2 Å². The maximum Gasteiger partial charge on any atom is 0.247 e. The first-order valence-electron chi connectivity index (χ1n) is 7.92. The molecule has 2 atom stereocenters. The van der Waals surface area contributed by atoms with Gasteiger partial charge in [-0.25, -0.2) is 0 Å². The van der Waals surface area contributed by atoms with Gasteiger partial charge in [-0.1, -0.05) is 6.42 Å². The van der Waals surface area contributed by atoms with E-state index in [0.717, 1.165) is 31.4 Å². The summed E-state index contributed by atoms with van der Waals surface area (Å²) in [7, 11) is 0. The lowest BCUT2D eigenvalue weighted by Gasteiger charge is -2.36. The molecule has 0 aliphatic carbocycles. The fraction of sp³-hybridized carbons (Fsp3) is 0.471. The van der Waals surface area contributed by atoms with Crippen molar-refractivity contribution >= 4 is 0 Å². The average molecular weight is 312 g/mol. The molecule has 1 aromatic carbocycles. The fourth-order valence-corrected chi connectivity index (χ4v) is 3.05. The number of nitrogens with zero attached hydrogens (tertiary/aromatic N) is 4. The molecule has 1 aromatic heterocycles. The quantitative estimate of drug-likeness (QED) is 0.932. The van der Waals surface area contributed by atoms with E-state index in [0.29, 0.717) is 23.9 Å². The fourth-order valence-electron chi connectivity index (χ4n) is 3.05. The molecule has 1 N–H and O–H groups in total. The summed E-state index contributed by atoms with van der Waals surface area (Å²) in [6, 6.07) is 9.29. The third kappa shape index (κ3) is 3.58. The van der Waals surface area contributed by atoms with Crippen LogP contribution in [0.15, 0.2) is 28.7 Å². The second-order valence-corrected chi connectivity index (χ2v) is 5.96. The Morgan fingerprint density at radius 3 is 2.83 bits per heavy atom. The predicted molar refractivity (Wildman–Crippen MR) is 84.2 cm³/mol. The molecule has 6 heteroatoms. The summed E-state index contributed by atoms with van der Waals surface area (Å²) in [6.07, 6.45) is 2.90. The highest BCUT2D eigenvalue weighted by atomic mass is 16.4. The number of benzene rings is 1. The van der Waals surface area contributed by atoms with Crippen molar-refractivity contribution in [3.05, 3.63) is 35.7 Å². The largest absolute Gasteiger partial charge is 0.419 e. The topological polar surface area (TPSA) is 86.2 Å². The molecular formula is C17H20N4O2. The summed E-state index contributed by atoms with van der Waals surface area (Å²) in [4.78, 5) is 2.21. The average Bonchev–Trinajstić information content (AvgIpc) is 3.04. The molecule has 0 spiro atoms. The van der Waals surface area contributed by atoms with Crippen molar-refractivity contribution in [2.75, 3.05) is 6.54 Å². The smallest absolute Gasteiger partial charge is 0.247 e. The van der Waals surface area contributed by atoms with Gasteiger partial charge in [-0.2, -0.15) is 5.26 Å². The number of aromatic nitrogens is 2. The monoisotopic (exact) mass is 312 g/mol. The van der Waals surface area contributed by atoms with Crippen molar-refractivity contribution in [3.8, 4) is 17.5 Å². The lowest BCUT2D eigenvalue weighted by molar-refractivity contribution is 0.0271. The SMILES string of the molecule is CC(O)C1CCCCN1Cc1nnc(-c2ccc(C#N)cc2)o1. The summed E-state index contributed by atoms with van der Waals surface area (Å²) in [6.45, 7) is 3.32. The molecule has 1 aliphatic rings. The van der Waals surface area contributed by atoms with Gasteiger partial charge in [-0.05, 0) is 50.6 Å². The number of aliphatic hydroxyl groups excluding tert-OH is 1. The Kier molecular flexibility index (Phi) is 4.70. The van der Waals surface area contributed by atoms with E-state index < -0.39 is 0 Å². The number of likely N-dealkylation sites (tertiary alicyclic amines) is 1. The Morgan fingerprint density at radius 2 is 2.13 bits per heavy atom. The van der Waals surface area contributed by atoms with Gasteiger partial charge in [0.1, 0.15) is 0 Å². The van der Waals surface area contributed by atoms with Crippen LogP contribution in [0.1, 0.15) is 37.6 Å². The van der Waals surface area contributed by atoms with E-state index in [1.807, 2.05) is 6.92 Å². The van der Waals surface area contributed by atoms with E-state index in [9.17, 15) is 5.11 Å². The van der Waals surface area contributed by atoms with Gasteiger partial charge >= 0.3 is 0 Å². The first-order valence-corrected chi connectivity index (χ1v) is 7.92. The highest BCUT2D eigenvalue weighted by Gasteiger charge is 2.27. The van der Waals surface area contributed by atoms with Crippen molar-refractivity contribution in [1.82, 2.24) is 15.1 Å². The van der Waals surface area contributed by atoms with Crippen molar-refractivity contribution < 1.29 is 9.52 Å². The minimum Gasteiger partial charge on any atom is -0.419 e. The normalized spacial score (nSPS) is 20.1. The highest BCUT2D eigenvalue weighted by Crippen LogP contribution is 2.23. The molecule has 23 heavy (non-hydrogen) atoms. The summed E-state index contributed by atoms with van der Waals surface area (Å²) in [5.74, 6) is 1.01. The molecule has 2 aromatic rings.